The number of nitrogens with zero attached hydrogens (tertiary/aromatic N) is 4. The number of aromatic nitrogens is 4. The highest BCUT2D eigenvalue weighted by atomic mass is 35.5. The maximum absolute atomic E-state index is 15.1. The van der Waals surface area contributed by atoms with Crippen molar-refractivity contribution in [1.29, 1.82) is 0 Å². The van der Waals surface area contributed by atoms with Crippen LogP contribution in [0.25, 0.3) is 22.3 Å². The second kappa shape index (κ2) is 22.0. The van der Waals surface area contributed by atoms with Gasteiger partial charge in [-0.3, -0.25) is 27.9 Å². The molecule has 75 heavy (non-hydrogen) atoms. The van der Waals surface area contributed by atoms with Gasteiger partial charge in [0.05, 0.1) is 66.1 Å². The minimum atomic E-state index is -4.85. The van der Waals surface area contributed by atoms with E-state index in [1.165, 1.54) is 35.6 Å². The van der Waals surface area contributed by atoms with E-state index in [0.29, 0.717) is 44.5 Å². The van der Waals surface area contributed by atoms with Crippen molar-refractivity contribution in [2.45, 2.75) is 53.5 Å². The van der Waals surface area contributed by atoms with E-state index in [1.54, 1.807) is 92.0 Å². The molecule has 0 aliphatic carbocycles. The number of thioether (sulfide) groups is 2. The average molecular weight is 1080 g/mol. The van der Waals surface area contributed by atoms with Crippen LogP contribution in [0.2, 0.25) is 5.02 Å². The molecule has 0 saturated heterocycles. The highest BCUT2D eigenvalue weighted by molar-refractivity contribution is 7.99. The molecule has 0 amide bonds. The van der Waals surface area contributed by atoms with Crippen molar-refractivity contribution in [3.8, 4) is 33.8 Å². The Labute approximate surface area is 438 Å². The molecule has 0 bridgehead atoms. The number of fused-ring (bicyclic) bond motifs is 2. The number of methoxy groups -OCH3 is 2. The van der Waals surface area contributed by atoms with Gasteiger partial charge in [0.15, 0.2) is 0 Å². The predicted molar refractivity (Wildman–Crippen MR) is 281 cm³/mol. The highest BCUT2D eigenvalue weighted by Crippen LogP contribution is 2.46. The van der Waals surface area contributed by atoms with Crippen molar-refractivity contribution in [3.63, 3.8) is 0 Å². The summed E-state index contributed by atoms with van der Waals surface area (Å²) in [5.41, 5.74) is 11.6. The number of ether oxygens (including phenoxy) is 2. The van der Waals surface area contributed by atoms with E-state index in [4.69, 9.17) is 32.5 Å². The third kappa shape index (κ3) is 10.3. The quantitative estimate of drug-likeness (QED) is 0.0891. The Morgan fingerprint density at radius 1 is 0.587 bits per heavy atom. The molecule has 4 unspecified atom stereocenters. The molecule has 0 radical (unpaired) electrons. The Kier molecular flexibility index (Phi) is 15.4. The number of alkyl halides is 3. The first-order chi connectivity index (χ1) is 36.0. The Morgan fingerprint density at radius 3 is 1.43 bits per heavy atom. The molecular weight excluding hydrogens is 1040 g/mol. The first-order valence-corrected chi connectivity index (χ1v) is 25.6. The molecule has 20 heteroatoms. The molecule has 0 spiro atoms. The zero-order chi connectivity index (χ0) is 53.3. The van der Waals surface area contributed by atoms with E-state index in [1.807, 2.05) is 30.3 Å². The van der Waals surface area contributed by atoms with Gasteiger partial charge < -0.3 is 20.9 Å². The third-order valence-corrected chi connectivity index (χ3v) is 15.6. The van der Waals surface area contributed by atoms with Gasteiger partial charge in [-0.15, -0.1) is 23.5 Å². The zero-order valence-corrected chi connectivity index (χ0v) is 42.4. The fourth-order valence-electron chi connectivity index (χ4n) is 9.35. The largest absolute Gasteiger partial charge is 0.497 e. The van der Waals surface area contributed by atoms with E-state index in [0.717, 1.165) is 49.2 Å². The van der Waals surface area contributed by atoms with Crippen LogP contribution in [-0.2, 0) is 19.3 Å². The van der Waals surface area contributed by atoms with Crippen LogP contribution in [0.5, 0.6) is 11.5 Å². The number of benzene rings is 6. The Hall–Kier alpha value is -7.16. The van der Waals surface area contributed by atoms with E-state index >= 15 is 4.39 Å². The molecule has 4 heterocycles. The zero-order valence-electron chi connectivity index (χ0n) is 40.0. The van der Waals surface area contributed by atoms with E-state index in [2.05, 4.69) is 0 Å². The molecule has 2 aromatic heterocycles. The van der Waals surface area contributed by atoms with Crippen molar-refractivity contribution in [3.05, 3.63) is 232 Å². The van der Waals surface area contributed by atoms with Crippen molar-refractivity contribution >= 4 is 35.1 Å². The van der Waals surface area contributed by atoms with E-state index in [-0.39, 0.29) is 40.0 Å². The van der Waals surface area contributed by atoms with Gasteiger partial charge in [-0.05, 0) is 70.8 Å². The fraction of sp³-hybridized carbons (Fsp3) is 0.200. The molecule has 4 atom stereocenters. The molecule has 2 aliphatic rings. The molecule has 8 aromatic rings. The number of hydrogen-bond donors (Lipinski definition) is 2. The number of halogens is 6. The lowest BCUT2D eigenvalue weighted by atomic mass is 9.99. The van der Waals surface area contributed by atoms with Crippen LogP contribution in [0.1, 0.15) is 52.0 Å². The lowest BCUT2D eigenvalue weighted by Gasteiger charge is -2.22. The van der Waals surface area contributed by atoms with Crippen LogP contribution in [0.15, 0.2) is 175 Å². The molecule has 0 saturated carbocycles. The van der Waals surface area contributed by atoms with Gasteiger partial charge >= 0.3 is 17.6 Å². The highest BCUT2D eigenvalue weighted by Gasteiger charge is 2.41. The van der Waals surface area contributed by atoms with Gasteiger partial charge in [-0.1, -0.05) is 109 Å². The summed E-state index contributed by atoms with van der Waals surface area (Å²) in [5, 5.41) is 0.846. The number of hydrogen-bond acceptors (Lipinski definition) is 10. The summed E-state index contributed by atoms with van der Waals surface area (Å²) in [5.74, 6) is -0.310. The van der Waals surface area contributed by atoms with E-state index in [9.17, 15) is 36.7 Å². The van der Waals surface area contributed by atoms with Crippen molar-refractivity contribution in [1.82, 2.24) is 18.3 Å². The number of nitrogens with two attached hydrogens (primary N) is 2. The molecule has 2 aliphatic heterocycles. The van der Waals surface area contributed by atoms with Gasteiger partial charge in [-0.2, -0.15) is 13.2 Å². The summed E-state index contributed by atoms with van der Waals surface area (Å²) in [6.07, 6.45) is -4.85. The first-order valence-electron chi connectivity index (χ1n) is 23.3. The summed E-state index contributed by atoms with van der Waals surface area (Å²) in [4.78, 5) is 55.3. The Balaban J connectivity index is 0.000000184. The minimum Gasteiger partial charge on any atom is -0.497 e. The summed E-state index contributed by atoms with van der Waals surface area (Å²) in [6.45, 7) is -0.277. The predicted octanol–water partition coefficient (Wildman–Crippen LogP) is 10.1. The third-order valence-electron chi connectivity index (χ3n) is 13.0. The fourth-order valence-corrected chi connectivity index (χ4v) is 12.3. The topological polar surface area (TPSA) is 158 Å². The summed E-state index contributed by atoms with van der Waals surface area (Å²) < 4.78 is 87.1. The van der Waals surface area contributed by atoms with Crippen LogP contribution < -0.4 is 43.4 Å². The maximum Gasteiger partial charge on any atom is 0.416 e. The van der Waals surface area contributed by atoms with Crippen LogP contribution in [0.4, 0.5) is 22.0 Å². The lowest BCUT2D eigenvalue weighted by molar-refractivity contribution is -0.138. The molecule has 10 rings (SSSR count). The minimum absolute atomic E-state index is 0.0404. The molecule has 6 aromatic carbocycles. The SMILES string of the molecule is COc1cccc(-c2c3n(c(=O)n(CC(N)c4ccccc4)c2=O)C(c2c(F)cccc2C(F)(F)F)CS3)c1.COc1cccc(-c2c3n(c(=O)n(CC(N)c4ccccc4)c2=O)C(c2c(F)cccc2Cl)CS3)c1. The second-order valence-electron chi connectivity index (χ2n) is 17.5. The smallest absolute Gasteiger partial charge is 0.416 e. The molecule has 0 fully saturated rings. The van der Waals surface area contributed by atoms with Gasteiger partial charge in [-0.25, -0.2) is 18.4 Å². The number of rotatable bonds is 12. The first kappa shape index (κ1) is 52.7. The Bertz CT molecular complexity index is 3670. The van der Waals surface area contributed by atoms with Crippen molar-refractivity contribution < 1.29 is 31.4 Å². The second-order valence-corrected chi connectivity index (χ2v) is 19.9. The van der Waals surface area contributed by atoms with E-state index < -0.39 is 75.6 Å². The standard InChI is InChI=1S/C28H23F4N3O3S.C27H23ClFN3O3S/c1-38-18-10-5-9-17(13-18)23-25(36)34(14-21(33)16-7-3-2-4-8-16)27(37)35-22(15-39-26(23)35)24-19(28(30,31)32)11-6-12-20(24)29;1-35-18-10-5-9-17(13-18)23-25(33)31(14-21(30)16-7-3-2-4-8-16)27(34)32-22(15-36-26(23)32)24-19(28)11-6-12-20(24)29/h2-13,21-22H,14-15,33H2,1H3;2-13,21-22H,14-15,30H2,1H3. The van der Waals surface area contributed by atoms with Gasteiger partial charge in [0.25, 0.3) is 11.1 Å². The van der Waals surface area contributed by atoms with Crippen LogP contribution in [-0.4, -0.2) is 44.0 Å². The monoisotopic (exact) mass is 1080 g/mol. The summed E-state index contributed by atoms with van der Waals surface area (Å²) in [7, 11) is 3.00. The van der Waals surface area contributed by atoms with Crippen LogP contribution >= 0.6 is 35.1 Å². The maximum atomic E-state index is 15.1. The van der Waals surface area contributed by atoms with Crippen LogP contribution in [0, 0.1) is 11.6 Å². The van der Waals surface area contributed by atoms with Crippen LogP contribution in [0.3, 0.4) is 0 Å². The van der Waals surface area contributed by atoms with Crippen molar-refractivity contribution in [2.24, 2.45) is 11.5 Å². The Morgan fingerprint density at radius 2 is 1.00 bits per heavy atom. The van der Waals surface area contributed by atoms with Crippen molar-refractivity contribution in [2.75, 3.05) is 25.7 Å². The molecular formula is C55H46ClF5N6O6S2. The molecule has 12 nitrogen and oxygen atoms in total. The summed E-state index contributed by atoms with van der Waals surface area (Å²) in [6, 6.07) is 35.5. The van der Waals surface area contributed by atoms with Gasteiger partial charge in [0, 0.05) is 39.7 Å². The lowest BCUT2D eigenvalue weighted by Crippen LogP contribution is -2.44. The average Bonchev–Trinajstić information content (AvgIpc) is 4.05. The summed E-state index contributed by atoms with van der Waals surface area (Å²) >= 11 is 8.75. The van der Waals surface area contributed by atoms with Gasteiger partial charge in [0.2, 0.25) is 0 Å². The van der Waals surface area contributed by atoms with Gasteiger partial charge in [0.1, 0.15) is 23.1 Å². The molecule has 386 valence electrons. The molecule has 4 N–H and O–H groups in total. The normalized spacial score (nSPS) is 15.6.